The Morgan fingerprint density at radius 2 is 1.78 bits per heavy atom. The summed E-state index contributed by atoms with van der Waals surface area (Å²) in [5.41, 5.74) is 1.47. The quantitative estimate of drug-likeness (QED) is 0.603. The molecule has 27 heavy (non-hydrogen) atoms. The second-order valence-corrected chi connectivity index (χ2v) is 6.82. The lowest BCUT2D eigenvalue weighted by atomic mass is 9.87. The number of nitrogens with zero attached hydrogens (tertiary/aromatic N) is 2. The van der Waals surface area contributed by atoms with E-state index in [1.54, 1.807) is 0 Å². The third-order valence-corrected chi connectivity index (χ3v) is 4.95. The number of carbonyl (C=O) groups excluding carboxylic acids is 1. The van der Waals surface area contributed by atoms with Crippen LogP contribution in [0.1, 0.15) is 24.5 Å². The minimum absolute atomic E-state index is 0.00737. The average Bonchev–Trinajstić information content (AvgIpc) is 2.69. The van der Waals surface area contributed by atoms with Gasteiger partial charge in [0.25, 0.3) is 5.69 Å². The van der Waals surface area contributed by atoms with E-state index in [0.717, 1.165) is 31.5 Å². The number of benzene rings is 2. The van der Waals surface area contributed by atoms with Crippen molar-refractivity contribution in [3.8, 4) is 0 Å². The van der Waals surface area contributed by atoms with Gasteiger partial charge in [0.2, 0.25) is 5.91 Å². The van der Waals surface area contributed by atoms with Gasteiger partial charge in [0.1, 0.15) is 0 Å². The molecule has 1 amide bonds. The van der Waals surface area contributed by atoms with Crippen molar-refractivity contribution in [2.24, 2.45) is 5.92 Å². The highest BCUT2D eigenvalue weighted by molar-refractivity contribution is 5.92. The molecule has 1 fully saturated rings. The number of nitrogens with one attached hydrogen (secondary N) is 1. The van der Waals surface area contributed by atoms with E-state index < -0.39 is 11.0 Å². The van der Waals surface area contributed by atoms with Crippen molar-refractivity contribution in [3.63, 3.8) is 0 Å². The lowest BCUT2D eigenvalue weighted by Crippen LogP contribution is -2.40. The Balaban J connectivity index is 1.46. The summed E-state index contributed by atoms with van der Waals surface area (Å²) in [5, 5.41) is 23.9. The fourth-order valence-electron chi connectivity index (χ4n) is 3.42. The number of piperidine rings is 1. The van der Waals surface area contributed by atoms with Crippen LogP contribution in [0.4, 0.5) is 11.4 Å². The molecule has 0 bridgehead atoms. The molecule has 0 aromatic heterocycles. The molecule has 2 aromatic rings. The molecule has 3 rings (SSSR count). The van der Waals surface area contributed by atoms with Crippen LogP contribution in [0.25, 0.3) is 0 Å². The second-order valence-electron chi connectivity index (χ2n) is 6.82. The van der Waals surface area contributed by atoms with Gasteiger partial charge in [0, 0.05) is 17.8 Å². The summed E-state index contributed by atoms with van der Waals surface area (Å²) in [6.07, 6.45) is 1.20. The summed E-state index contributed by atoms with van der Waals surface area (Å²) in [7, 11) is 0. The van der Waals surface area contributed by atoms with Crippen molar-refractivity contribution in [2.45, 2.75) is 18.9 Å². The van der Waals surface area contributed by atoms with Crippen molar-refractivity contribution >= 4 is 17.3 Å². The summed E-state index contributed by atoms with van der Waals surface area (Å²) in [4.78, 5) is 24.4. The molecule has 0 aliphatic carbocycles. The van der Waals surface area contributed by atoms with Gasteiger partial charge in [-0.05, 0) is 49.5 Å². The molecule has 0 saturated carbocycles. The highest BCUT2D eigenvalue weighted by Gasteiger charge is 2.26. The number of rotatable bonds is 6. The van der Waals surface area contributed by atoms with Gasteiger partial charge in [0.05, 0.1) is 17.6 Å². The molecule has 0 spiro atoms. The molecular weight excluding hydrogens is 346 g/mol. The summed E-state index contributed by atoms with van der Waals surface area (Å²) in [6, 6.07) is 15.5. The first kappa shape index (κ1) is 19.0. The van der Waals surface area contributed by atoms with Gasteiger partial charge >= 0.3 is 0 Å². The number of hydrogen-bond donors (Lipinski definition) is 2. The first-order chi connectivity index (χ1) is 13.0. The highest BCUT2D eigenvalue weighted by Crippen LogP contribution is 2.30. The molecule has 7 nitrogen and oxygen atoms in total. The minimum Gasteiger partial charge on any atom is -0.388 e. The summed E-state index contributed by atoms with van der Waals surface area (Å²) < 4.78 is 0. The Morgan fingerprint density at radius 1 is 1.15 bits per heavy atom. The van der Waals surface area contributed by atoms with E-state index >= 15 is 0 Å². The first-order valence-electron chi connectivity index (χ1n) is 9.02. The molecule has 1 saturated heterocycles. The van der Waals surface area contributed by atoms with Gasteiger partial charge in [-0.25, -0.2) is 0 Å². The molecule has 2 aromatic carbocycles. The second kappa shape index (κ2) is 8.75. The van der Waals surface area contributed by atoms with Gasteiger partial charge < -0.3 is 10.4 Å². The number of likely N-dealkylation sites (tertiary alicyclic amines) is 1. The summed E-state index contributed by atoms with van der Waals surface area (Å²) in [5.74, 6) is 0.0484. The van der Waals surface area contributed by atoms with E-state index in [0.29, 0.717) is 5.69 Å². The Morgan fingerprint density at radius 3 is 2.37 bits per heavy atom. The Bertz CT molecular complexity index is 772. The van der Waals surface area contributed by atoms with Crippen LogP contribution in [0.5, 0.6) is 0 Å². The molecule has 1 atom stereocenters. The van der Waals surface area contributed by atoms with Gasteiger partial charge in [-0.15, -0.1) is 0 Å². The smallest absolute Gasteiger partial charge is 0.269 e. The zero-order chi connectivity index (χ0) is 19.2. The number of hydrogen-bond acceptors (Lipinski definition) is 5. The largest absolute Gasteiger partial charge is 0.388 e. The fourth-order valence-corrected chi connectivity index (χ4v) is 3.42. The first-order valence-corrected chi connectivity index (χ1v) is 9.02. The number of nitro benzene ring substituents is 1. The maximum absolute atomic E-state index is 12.2. The van der Waals surface area contributed by atoms with E-state index in [-0.39, 0.29) is 24.1 Å². The van der Waals surface area contributed by atoms with Crippen LogP contribution in [-0.4, -0.2) is 40.5 Å². The van der Waals surface area contributed by atoms with Crippen LogP contribution in [0.3, 0.4) is 0 Å². The normalized spacial score (nSPS) is 16.6. The third-order valence-electron chi connectivity index (χ3n) is 4.95. The monoisotopic (exact) mass is 369 g/mol. The molecule has 1 aliphatic heterocycles. The number of aliphatic hydroxyl groups is 1. The number of nitro groups is 1. The third kappa shape index (κ3) is 5.12. The van der Waals surface area contributed by atoms with Crippen LogP contribution >= 0.6 is 0 Å². The number of amides is 1. The Labute approximate surface area is 157 Å². The van der Waals surface area contributed by atoms with Crippen LogP contribution in [0, 0.1) is 16.0 Å². The predicted molar refractivity (Wildman–Crippen MR) is 102 cm³/mol. The summed E-state index contributed by atoms with van der Waals surface area (Å²) in [6.45, 7) is 1.77. The van der Waals surface area contributed by atoms with E-state index in [9.17, 15) is 20.0 Å². The lowest BCUT2D eigenvalue weighted by Gasteiger charge is -2.34. The fraction of sp³-hybridized carbons (Fsp3) is 0.350. The molecule has 1 heterocycles. The topological polar surface area (TPSA) is 95.7 Å². The molecule has 7 heteroatoms. The van der Waals surface area contributed by atoms with Crippen molar-refractivity contribution in [3.05, 3.63) is 70.3 Å². The van der Waals surface area contributed by atoms with Gasteiger partial charge in [-0.1, -0.05) is 30.3 Å². The number of aliphatic hydroxyl groups excluding tert-OH is 1. The zero-order valence-electron chi connectivity index (χ0n) is 15.0. The standard InChI is InChI=1S/C20H23N3O4/c24-19(21-17-6-8-18(9-7-17)23(26)27)14-22-12-10-16(11-13-22)20(25)15-4-2-1-3-5-15/h1-9,16,20,25H,10-14H2,(H,21,24)/t20-/m1/s1. The maximum atomic E-state index is 12.2. The predicted octanol–water partition coefficient (Wildman–Crippen LogP) is 2.98. The van der Waals surface area contributed by atoms with E-state index in [1.807, 2.05) is 30.3 Å². The van der Waals surface area contributed by atoms with Gasteiger partial charge in [-0.3, -0.25) is 19.8 Å². The van der Waals surface area contributed by atoms with Crippen molar-refractivity contribution in [1.82, 2.24) is 4.90 Å². The Kier molecular flexibility index (Phi) is 6.16. The van der Waals surface area contributed by atoms with E-state index in [4.69, 9.17) is 0 Å². The average molecular weight is 369 g/mol. The highest BCUT2D eigenvalue weighted by atomic mass is 16.6. The van der Waals surface area contributed by atoms with Crippen molar-refractivity contribution in [1.29, 1.82) is 0 Å². The zero-order valence-corrected chi connectivity index (χ0v) is 15.0. The molecular formula is C20H23N3O4. The number of anilines is 1. The molecule has 1 aliphatic rings. The van der Waals surface area contributed by atoms with Gasteiger partial charge in [-0.2, -0.15) is 0 Å². The lowest BCUT2D eigenvalue weighted by molar-refractivity contribution is -0.384. The molecule has 0 unspecified atom stereocenters. The number of carbonyl (C=O) groups is 1. The van der Waals surface area contributed by atoms with Crippen LogP contribution in [0.2, 0.25) is 0 Å². The summed E-state index contributed by atoms with van der Waals surface area (Å²) >= 11 is 0. The van der Waals surface area contributed by atoms with Gasteiger partial charge in [0.15, 0.2) is 0 Å². The molecule has 142 valence electrons. The van der Waals surface area contributed by atoms with Crippen LogP contribution < -0.4 is 5.32 Å². The van der Waals surface area contributed by atoms with Crippen LogP contribution in [-0.2, 0) is 4.79 Å². The van der Waals surface area contributed by atoms with Crippen molar-refractivity contribution < 1.29 is 14.8 Å². The Hall–Kier alpha value is -2.77. The maximum Gasteiger partial charge on any atom is 0.269 e. The van der Waals surface area contributed by atoms with Crippen LogP contribution in [0.15, 0.2) is 54.6 Å². The minimum atomic E-state index is -0.473. The number of non-ortho nitro benzene ring substituents is 1. The van der Waals surface area contributed by atoms with E-state index in [2.05, 4.69) is 10.2 Å². The van der Waals surface area contributed by atoms with E-state index in [1.165, 1.54) is 24.3 Å². The van der Waals surface area contributed by atoms with Crippen molar-refractivity contribution in [2.75, 3.05) is 25.0 Å². The molecule has 2 N–H and O–H groups in total. The molecule has 0 radical (unpaired) electrons. The SMILES string of the molecule is O=C(CN1CCC([C@H](O)c2ccccc2)CC1)Nc1ccc([N+](=O)[O-])cc1.